The van der Waals surface area contributed by atoms with Crippen LogP contribution in [-0.2, 0) is 10.3 Å². The predicted octanol–water partition coefficient (Wildman–Crippen LogP) is 3.02. The van der Waals surface area contributed by atoms with E-state index in [9.17, 15) is 14.7 Å². The van der Waals surface area contributed by atoms with Gasteiger partial charge in [0.1, 0.15) is 5.54 Å². The lowest BCUT2D eigenvalue weighted by atomic mass is 9.92. The second-order valence-electron chi connectivity index (χ2n) is 5.15. The molecule has 1 aromatic heterocycles. The minimum Gasteiger partial charge on any atom is -0.488 e. The van der Waals surface area contributed by atoms with Gasteiger partial charge in [0.15, 0.2) is 5.75 Å². The molecule has 0 aliphatic carbocycles. The normalized spacial score (nSPS) is 11.4. The van der Waals surface area contributed by atoms with Gasteiger partial charge in [-0.2, -0.15) is 0 Å². The Kier molecular flexibility index (Phi) is 6.46. The molecule has 5 nitrogen and oxygen atoms in total. The second-order valence-corrected chi connectivity index (χ2v) is 5.15. The van der Waals surface area contributed by atoms with Crippen LogP contribution in [0.15, 0.2) is 23.1 Å². The maximum Gasteiger partial charge on any atom is 0.329 e. The van der Waals surface area contributed by atoms with E-state index in [1.54, 1.807) is 26.0 Å². The fourth-order valence-corrected chi connectivity index (χ4v) is 2.45. The van der Waals surface area contributed by atoms with Crippen LogP contribution in [0.2, 0.25) is 0 Å². The fraction of sp³-hybridized carbons (Fsp3) is 0.625. The Hall–Kier alpha value is -1.78. The highest BCUT2D eigenvalue weighted by Gasteiger charge is 2.38. The number of ether oxygens (including phenoxy) is 1. The van der Waals surface area contributed by atoms with Crippen LogP contribution in [0.4, 0.5) is 0 Å². The Morgan fingerprint density at radius 1 is 1.29 bits per heavy atom. The summed E-state index contributed by atoms with van der Waals surface area (Å²) in [7, 11) is 0. The second kappa shape index (κ2) is 7.86. The summed E-state index contributed by atoms with van der Waals surface area (Å²) in [4.78, 5) is 24.1. The number of aromatic nitrogens is 1. The first kappa shape index (κ1) is 17.3. The highest BCUT2D eigenvalue weighted by molar-refractivity contribution is 5.76. The Labute approximate surface area is 125 Å². The fourth-order valence-electron chi connectivity index (χ4n) is 2.45. The molecule has 0 saturated heterocycles. The van der Waals surface area contributed by atoms with Crippen molar-refractivity contribution in [1.29, 1.82) is 0 Å². The molecule has 0 bridgehead atoms. The molecule has 1 N–H and O–H groups in total. The highest BCUT2D eigenvalue weighted by Crippen LogP contribution is 2.24. The SMILES string of the molecule is CCCCCOc1cccn(C(CC)(CC)C(=O)O)c1=O. The van der Waals surface area contributed by atoms with E-state index in [2.05, 4.69) is 6.92 Å². The summed E-state index contributed by atoms with van der Waals surface area (Å²) < 4.78 is 6.81. The molecule has 0 aliphatic rings. The third-order valence-corrected chi connectivity index (χ3v) is 3.95. The zero-order valence-electron chi connectivity index (χ0n) is 13.1. The monoisotopic (exact) mass is 295 g/mol. The van der Waals surface area contributed by atoms with Crippen molar-refractivity contribution in [1.82, 2.24) is 4.57 Å². The summed E-state index contributed by atoms with van der Waals surface area (Å²) in [6.07, 6.45) is 5.23. The van der Waals surface area contributed by atoms with Crippen LogP contribution in [0, 0.1) is 0 Å². The summed E-state index contributed by atoms with van der Waals surface area (Å²) in [6, 6.07) is 3.27. The number of pyridine rings is 1. The van der Waals surface area contributed by atoms with Crippen molar-refractivity contribution in [2.75, 3.05) is 6.61 Å². The highest BCUT2D eigenvalue weighted by atomic mass is 16.5. The van der Waals surface area contributed by atoms with Crippen molar-refractivity contribution in [2.24, 2.45) is 0 Å². The zero-order chi connectivity index (χ0) is 15.9. The summed E-state index contributed by atoms with van der Waals surface area (Å²) >= 11 is 0. The van der Waals surface area contributed by atoms with E-state index in [0.29, 0.717) is 19.4 Å². The van der Waals surface area contributed by atoms with Crippen LogP contribution in [-0.4, -0.2) is 22.2 Å². The van der Waals surface area contributed by atoms with Crippen molar-refractivity contribution in [2.45, 2.75) is 58.4 Å². The van der Waals surface area contributed by atoms with E-state index in [0.717, 1.165) is 19.3 Å². The van der Waals surface area contributed by atoms with Crippen LogP contribution >= 0.6 is 0 Å². The Morgan fingerprint density at radius 2 is 1.95 bits per heavy atom. The average molecular weight is 295 g/mol. The van der Waals surface area contributed by atoms with E-state index < -0.39 is 11.5 Å². The minimum atomic E-state index is -1.21. The number of carboxylic acids is 1. The molecule has 1 aromatic rings. The molecule has 5 heteroatoms. The molecule has 0 atom stereocenters. The van der Waals surface area contributed by atoms with Crippen LogP contribution in [0.1, 0.15) is 52.9 Å². The van der Waals surface area contributed by atoms with Gasteiger partial charge in [-0.25, -0.2) is 4.79 Å². The first-order valence-corrected chi connectivity index (χ1v) is 7.61. The van der Waals surface area contributed by atoms with Crippen molar-refractivity contribution in [3.8, 4) is 5.75 Å². The van der Waals surface area contributed by atoms with Gasteiger partial charge >= 0.3 is 5.97 Å². The molecule has 118 valence electrons. The van der Waals surface area contributed by atoms with Crippen LogP contribution in [0.25, 0.3) is 0 Å². The third-order valence-electron chi connectivity index (χ3n) is 3.95. The first-order valence-electron chi connectivity index (χ1n) is 7.61. The average Bonchev–Trinajstić information content (AvgIpc) is 2.48. The van der Waals surface area contributed by atoms with Crippen molar-refractivity contribution >= 4 is 5.97 Å². The molecule has 0 aliphatic heterocycles. The van der Waals surface area contributed by atoms with Crippen molar-refractivity contribution < 1.29 is 14.6 Å². The maximum atomic E-state index is 12.5. The molecule has 0 fully saturated rings. The van der Waals surface area contributed by atoms with Gasteiger partial charge in [0.2, 0.25) is 0 Å². The molecule has 0 saturated carbocycles. The summed E-state index contributed by atoms with van der Waals surface area (Å²) in [5.74, 6) is -0.765. The number of unbranched alkanes of at least 4 members (excludes halogenated alkanes) is 2. The van der Waals surface area contributed by atoms with Gasteiger partial charge < -0.3 is 9.84 Å². The molecule has 0 aromatic carbocycles. The molecule has 0 unspecified atom stereocenters. The van der Waals surface area contributed by atoms with E-state index in [1.807, 2.05) is 0 Å². The van der Waals surface area contributed by atoms with Crippen molar-refractivity contribution in [3.63, 3.8) is 0 Å². The predicted molar refractivity (Wildman–Crippen MR) is 81.9 cm³/mol. The molecule has 1 heterocycles. The van der Waals surface area contributed by atoms with E-state index in [-0.39, 0.29) is 11.3 Å². The lowest BCUT2D eigenvalue weighted by molar-refractivity contribution is -0.148. The molecule has 0 radical (unpaired) electrons. The maximum absolute atomic E-state index is 12.5. The largest absolute Gasteiger partial charge is 0.488 e. The molecular weight excluding hydrogens is 270 g/mol. The number of carbonyl (C=O) groups is 1. The molecule has 1 rings (SSSR count). The topological polar surface area (TPSA) is 68.5 Å². The van der Waals surface area contributed by atoms with E-state index >= 15 is 0 Å². The Bertz CT molecular complexity index is 517. The number of aliphatic carboxylic acids is 1. The zero-order valence-corrected chi connectivity index (χ0v) is 13.1. The lowest BCUT2D eigenvalue weighted by Gasteiger charge is -2.29. The van der Waals surface area contributed by atoms with Crippen LogP contribution < -0.4 is 10.3 Å². The number of carboxylic acid groups (broad SMARTS) is 1. The summed E-state index contributed by atoms with van der Waals surface area (Å²) in [5, 5.41) is 9.54. The summed E-state index contributed by atoms with van der Waals surface area (Å²) in [5.41, 5.74) is -1.58. The molecule has 0 amide bonds. The first-order chi connectivity index (χ1) is 10.0. The van der Waals surface area contributed by atoms with Gasteiger partial charge in [-0.05, 0) is 31.4 Å². The number of nitrogens with zero attached hydrogens (tertiary/aromatic N) is 1. The standard InChI is InChI=1S/C16H25NO4/c1-4-7-8-12-21-13-10-9-11-17(14(13)18)16(5-2,6-3)15(19)20/h9-11H,4-8,12H2,1-3H3,(H,19,20). The molecule has 0 spiro atoms. The van der Waals surface area contributed by atoms with E-state index in [1.165, 1.54) is 10.8 Å². The summed E-state index contributed by atoms with van der Waals surface area (Å²) in [6.45, 7) is 6.13. The van der Waals surface area contributed by atoms with Gasteiger partial charge in [0.25, 0.3) is 5.56 Å². The van der Waals surface area contributed by atoms with E-state index in [4.69, 9.17) is 4.74 Å². The van der Waals surface area contributed by atoms with Gasteiger partial charge in [-0.3, -0.25) is 9.36 Å². The smallest absolute Gasteiger partial charge is 0.329 e. The molecular formula is C16H25NO4. The van der Waals surface area contributed by atoms with Crippen LogP contribution in [0.5, 0.6) is 5.75 Å². The van der Waals surface area contributed by atoms with Gasteiger partial charge in [-0.15, -0.1) is 0 Å². The minimum absolute atomic E-state index is 0.223. The lowest BCUT2D eigenvalue weighted by Crippen LogP contribution is -2.46. The van der Waals surface area contributed by atoms with Crippen molar-refractivity contribution in [3.05, 3.63) is 28.7 Å². The van der Waals surface area contributed by atoms with Gasteiger partial charge in [0.05, 0.1) is 6.61 Å². The third kappa shape index (κ3) is 3.65. The number of hydrogen-bond acceptors (Lipinski definition) is 3. The number of hydrogen-bond donors (Lipinski definition) is 1. The van der Waals surface area contributed by atoms with Gasteiger partial charge in [0, 0.05) is 6.20 Å². The Balaban J connectivity index is 3.09. The van der Waals surface area contributed by atoms with Crippen LogP contribution in [0.3, 0.4) is 0 Å². The van der Waals surface area contributed by atoms with Gasteiger partial charge in [-0.1, -0.05) is 33.6 Å². The number of rotatable bonds is 9. The Morgan fingerprint density at radius 3 is 2.48 bits per heavy atom. The molecule has 21 heavy (non-hydrogen) atoms. The quantitative estimate of drug-likeness (QED) is 0.711.